The first kappa shape index (κ1) is 15.8. The van der Waals surface area contributed by atoms with Gasteiger partial charge in [0, 0.05) is 31.2 Å². The first-order valence-electron chi connectivity index (χ1n) is 8.29. The third-order valence-electron chi connectivity index (χ3n) is 4.66. The third-order valence-corrected chi connectivity index (χ3v) is 4.66. The largest absolute Gasteiger partial charge is 0.350 e. The minimum absolute atomic E-state index is 0.00857. The Balaban J connectivity index is 1.55. The highest BCUT2D eigenvalue weighted by Gasteiger charge is 2.20. The first-order valence-corrected chi connectivity index (χ1v) is 8.29. The molecule has 1 unspecified atom stereocenters. The SMILES string of the molecule is Cc1ccc(C(=O)NCC(C)N2CCc3ccccc3C2)cc1. The molecular weight excluding hydrogens is 284 g/mol. The van der Waals surface area contributed by atoms with Crippen LogP contribution >= 0.6 is 0 Å². The summed E-state index contributed by atoms with van der Waals surface area (Å²) < 4.78 is 0. The highest BCUT2D eigenvalue weighted by atomic mass is 16.1. The minimum atomic E-state index is 0.00857. The summed E-state index contributed by atoms with van der Waals surface area (Å²) in [7, 11) is 0. The number of amides is 1. The molecule has 1 amide bonds. The summed E-state index contributed by atoms with van der Waals surface area (Å²) in [5.74, 6) is 0.00857. The molecular formula is C20H24N2O. The second-order valence-corrected chi connectivity index (χ2v) is 6.41. The van der Waals surface area contributed by atoms with Crippen LogP contribution in [0.5, 0.6) is 0 Å². The van der Waals surface area contributed by atoms with E-state index in [1.165, 1.54) is 16.7 Å². The highest BCUT2D eigenvalue weighted by Crippen LogP contribution is 2.20. The van der Waals surface area contributed by atoms with E-state index in [2.05, 4.69) is 41.4 Å². The molecule has 3 nitrogen and oxygen atoms in total. The van der Waals surface area contributed by atoms with E-state index >= 15 is 0 Å². The molecule has 0 bridgehead atoms. The van der Waals surface area contributed by atoms with Gasteiger partial charge in [-0.25, -0.2) is 0 Å². The van der Waals surface area contributed by atoms with Gasteiger partial charge >= 0.3 is 0 Å². The van der Waals surface area contributed by atoms with Gasteiger partial charge in [-0.15, -0.1) is 0 Å². The van der Waals surface area contributed by atoms with Crippen LogP contribution in [0.15, 0.2) is 48.5 Å². The van der Waals surface area contributed by atoms with E-state index in [1.807, 2.05) is 31.2 Å². The van der Waals surface area contributed by atoms with Gasteiger partial charge in [-0.2, -0.15) is 0 Å². The maximum Gasteiger partial charge on any atom is 0.251 e. The van der Waals surface area contributed by atoms with Gasteiger partial charge in [-0.05, 0) is 43.5 Å². The lowest BCUT2D eigenvalue weighted by atomic mass is 9.99. The lowest BCUT2D eigenvalue weighted by Gasteiger charge is -2.33. The maximum absolute atomic E-state index is 12.2. The number of rotatable bonds is 4. The predicted molar refractivity (Wildman–Crippen MR) is 93.5 cm³/mol. The van der Waals surface area contributed by atoms with E-state index < -0.39 is 0 Å². The van der Waals surface area contributed by atoms with Crippen LogP contribution in [-0.2, 0) is 13.0 Å². The lowest BCUT2D eigenvalue weighted by Crippen LogP contribution is -2.44. The van der Waals surface area contributed by atoms with Crippen LogP contribution in [0.2, 0.25) is 0 Å². The van der Waals surface area contributed by atoms with E-state index in [1.54, 1.807) is 0 Å². The molecule has 1 atom stereocenters. The molecule has 1 heterocycles. The molecule has 0 saturated heterocycles. The number of hydrogen-bond acceptors (Lipinski definition) is 2. The number of nitrogens with zero attached hydrogens (tertiary/aromatic N) is 1. The van der Waals surface area contributed by atoms with E-state index in [0.29, 0.717) is 12.6 Å². The Hall–Kier alpha value is -2.13. The zero-order valence-corrected chi connectivity index (χ0v) is 13.9. The Morgan fingerprint density at radius 1 is 1.13 bits per heavy atom. The standard InChI is InChI=1S/C20H24N2O/c1-15-7-9-18(10-8-15)20(23)21-13-16(2)22-12-11-17-5-3-4-6-19(17)14-22/h3-10,16H,11-14H2,1-2H3,(H,21,23). The minimum Gasteiger partial charge on any atom is -0.350 e. The monoisotopic (exact) mass is 308 g/mol. The smallest absolute Gasteiger partial charge is 0.251 e. The van der Waals surface area contributed by atoms with Crippen molar-refractivity contribution in [3.8, 4) is 0 Å². The average Bonchev–Trinajstić information content (AvgIpc) is 2.59. The number of carbonyl (C=O) groups is 1. The number of fused-ring (bicyclic) bond motifs is 1. The Kier molecular flexibility index (Phi) is 4.77. The Labute approximate surface area is 138 Å². The summed E-state index contributed by atoms with van der Waals surface area (Å²) in [6.07, 6.45) is 1.09. The van der Waals surface area contributed by atoms with Gasteiger partial charge in [0.25, 0.3) is 5.91 Å². The van der Waals surface area contributed by atoms with Gasteiger partial charge in [0.2, 0.25) is 0 Å². The van der Waals surface area contributed by atoms with Crippen molar-refractivity contribution in [1.29, 1.82) is 0 Å². The van der Waals surface area contributed by atoms with E-state index in [0.717, 1.165) is 25.1 Å². The van der Waals surface area contributed by atoms with Crippen molar-refractivity contribution in [2.24, 2.45) is 0 Å². The van der Waals surface area contributed by atoms with Gasteiger partial charge in [0.05, 0.1) is 0 Å². The van der Waals surface area contributed by atoms with Crippen LogP contribution in [0.4, 0.5) is 0 Å². The fourth-order valence-corrected chi connectivity index (χ4v) is 3.07. The van der Waals surface area contributed by atoms with Gasteiger partial charge in [0.15, 0.2) is 0 Å². The van der Waals surface area contributed by atoms with Crippen molar-refractivity contribution in [1.82, 2.24) is 10.2 Å². The number of aryl methyl sites for hydroxylation is 1. The summed E-state index contributed by atoms with van der Waals surface area (Å²) in [5, 5.41) is 3.06. The van der Waals surface area contributed by atoms with E-state index in [9.17, 15) is 4.79 Å². The predicted octanol–water partition coefficient (Wildman–Crippen LogP) is 3.17. The summed E-state index contributed by atoms with van der Waals surface area (Å²) in [5.41, 5.74) is 4.77. The summed E-state index contributed by atoms with van der Waals surface area (Å²) in [6, 6.07) is 16.7. The highest BCUT2D eigenvalue weighted by molar-refractivity contribution is 5.94. The second kappa shape index (κ2) is 6.97. The van der Waals surface area contributed by atoms with Gasteiger partial charge in [-0.1, -0.05) is 42.0 Å². The molecule has 0 aromatic heterocycles. The molecule has 0 fully saturated rings. The summed E-state index contributed by atoms with van der Waals surface area (Å²) in [4.78, 5) is 14.7. The van der Waals surface area contributed by atoms with Crippen molar-refractivity contribution in [2.45, 2.75) is 32.9 Å². The fourth-order valence-electron chi connectivity index (χ4n) is 3.07. The normalized spacial score (nSPS) is 15.7. The molecule has 120 valence electrons. The topological polar surface area (TPSA) is 32.3 Å². The summed E-state index contributed by atoms with van der Waals surface area (Å²) >= 11 is 0. The van der Waals surface area contributed by atoms with Crippen molar-refractivity contribution in [3.63, 3.8) is 0 Å². The van der Waals surface area contributed by atoms with Gasteiger partial charge < -0.3 is 5.32 Å². The molecule has 1 aliphatic heterocycles. The fraction of sp³-hybridized carbons (Fsp3) is 0.350. The quantitative estimate of drug-likeness (QED) is 0.941. The van der Waals surface area contributed by atoms with Crippen LogP contribution in [0, 0.1) is 6.92 Å². The van der Waals surface area contributed by atoms with Crippen LogP contribution in [0.25, 0.3) is 0 Å². The molecule has 0 saturated carbocycles. The number of benzene rings is 2. The molecule has 0 spiro atoms. The van der Waals surface area contributed by atoms with E-state index in [-0.39, 0.29) is 5.91 Å². The number of nitrogens with one attached hydrogen (secondary N) is 1. The van der Waals surface area contributed by atoms with Crippen LogP contribution in [0.1, 0.15) is 34.0 Å². The van der Waals surface area contributed by atoms with Gasteiger partial charge in [0.1, 0.15) is 0 Å². The Morgan fingerprint density at radius 3 is 2.57 bits per heavy atom. The lowest BCUT2D eigenvalue weighted by molar-refractivity contribution is 0.0932. The Morgan fingerprint density at radius 2 is 1.83 bits per heavy atom. The van der Waals surface area contributed by atoms with Crippen molar-refractivity contribution in [2.75, 3.05) is 13.1 Å². The molecule has 1 aliphatic rings. The second-order valence-electron chi connectivity index (χ2n) is 6.41. The molecule has 1 N–H and O–H groups in total. The molecule has 23 heavy (non-hydrogen) atoms. The molecule has 3 heteroatoms. The molecule has 2 aromatic rings. The zero-order valence-electron chi connectivity index (χ0n) is 13.9. The van der Waals surface area contributed by atoms with Crippen molar-refractivity contribution < 1.29 is 4.79 Å². The first-order chi connectivity index (χ1) is 11.1. The molecule has 0 radical (unpaired) electrons. The van der Waals surface area contributed by atoms with Crippen LogP contribution in [-0.4, -0.2) is 29.9 Å². The zero-order chi connectivity index (χ0) is 16.2. The Bertz CT molecular complexity index is 678. The maximum atomic E-state index is 12.2. The van der Waals surface area contributed by atoms with Crippen molar-refractivity contribution in [3.05, 3.63) is 70.8 Å². The van der Waals surface area contributed by atoms with Crippen LogP contribution < -0.4 is 5.32 Å². The van der Waals surface area contributed by atoms with Crippen molar-refractivity contribution >= 4 is 5.91 Å². The molecule has 2 aromatic carbocycles. The average molecular weight is 308 g/mol. The molecule has 0 aliphatic carbocycles. The molecule has 3 rings (SSSR count). The number of hydrogen-bond donors (Lipinski definition) is 1. The van der Waals surface area contributed by atoms with Crippen LogP contribution in [0.3, 0.4) is 0 Å². The third kappa shape index (κ3) is 3.80. The number of carbonyl (C=O) groups excluding carboxylic acids is 1. The van der Waals surface area contributed by atoms with E-state index in [4.69, 9.17) is 0 Å². The van der Waals surface area contributed by atoms with Gasteiger partial charge in [-0.3, -0.25) is 9.69 Å². The summed E-state index contributed by atoms with van der Waals surface area (Å²) in [6.45, 7) is 6.91.